The fraction of sp³-hybridized carbons (Fsp3) is 0.500. The highest BCUT2D eigenvalue weighted by Gasteiger charge is 2.42. The molecule has 1 aliphatic rings. The highest BCUT2D eigenvalue weighted by atomic mass is 19.3. The van der Waals surface area contributed by atoms with E-state index in [0.29, 0.717) is 12.2 Å². The molecule has 2 rings (SSSR count). The molecule has 0 spiro atoms. The van der Waals surface area contributed by atoms with Gasteiger partial charge >= 0.3 is 6.61 Å². The maximum Gasteiger partial charge on any atom is 0.387 e. The number of carbonyl (C=O) groups is 2. The quantitative estimate of drug-likeness (QED) is 0.736. The summed E-state index contributed by atoms with van der Waals surface area (Å²) in [6, 6.07) is 4.55. The summed E-state index contributed by atoms with van der Waals surface area (Å²) in [5.74, 6) is -0.445. The van der Waals surface area contributed by atoms with E-state index >= 15 is 0 Å². The first-order valence-corrected chi connectivity index (χ1v) is 7.58. The number of halogens is 2. The number of alkyl halides is 2. The summed E-state index contributed by atoms with van der Waals surface area (Å²) in [7, 11) is 0. The van der Waals surface area contributed by atoms with Gasteiger partial charge < -0.3 is 15.4 Å². The molecule has 1 saturated heterocycles. The zero-order valence-electron chi connectivity index (χ0n) is 13.7. The first kappa shape index (κ1) is 18.1. The van der Waals surface area contributed by atoms with Crippen LogP contribution in [0.4, 0.5) is 14.5 Å². The zero-order chi connectivity index (χ0) is 17.9. The van der Waals surface area contributed by atoms with Crippen LogP contribution in [0.2, 0.25) is 0 Å². The lowest BCUT2D eigenvalue weighted by molar-refractivity contribution is -0.122. The molecule has 2 unspecified atom stereocenters. The number of ether oxygens (including phenoxy) is 1. The van der Waals surface area contributed by atoms with Crippen LogP contribution in [0.5, 0.6) is 5.75 Å². The van der Waals surface area contributed by atoms with Crippen molar-refractivity contribution in [3.05, 3.63) is 24.3 Å². The average molecular weight is 341 g/mol. The normalized spacial score (nSPS) is 20.6. The first-order valence-electron chi connectivity index (χ1n) is 7.58. The number of amides is 2. The lowest BCUT2D eigenvalue weighted by atomic mass is 9.87. The summed E-state index contributed by atoms with van der Waals surface area (Å²) in [5.41, 5.74) is 0.158. The van der Waals surface area contributed by atoms with Crippen LogP contribution in [0.25, 0.3) is 0 Å². The van der Waals surface area contributed by atoms with Crippen LogP contribution in [-0.2, 0) is 9.59 Å². The molecule has 0 aliphatic carbocycles. The van der Waals surface area contributed by atoms with Gasteiger partial charge in [0.2, 0.25) is 11.8 Å². The van der Waals surface area contributed by atoms with Gasteiger partial charge in [-0.2, -0.15) is 8.78 Å². The number of carbonyl (C=O) groups excluding carboxylic acids is 2. The molecule has 2 atom stereocenters. The summed E-state index contributed by atoms with van der Waals surface area (Å²) >= 11 is 0. The van der Waals surface area contributed by atoms with E-state index in [4.69, 9.17) is 0 Å². The van der Waals surface area contributed by atoms with Crippen molar-refractivity contribution in [2.45, 2.75) is 39.5 Å². The predicted octanol–water partition coefficient (Wildman–Crippen LogP) is 1.73. The summed E-state index contributed by atoms with van der Waals surface area (Å²) < 4.78 is 28.4. The molecule has 132 valence electrons. The van der Waals surface area contributed by atoms with Crippen molar-refractivity contribution >= 4 is 17.5 Å². The van der Waals surface area contributed by atoms with E-state index in [1.165, 1.54) is 24.3 Å². The van der Waals surface area contributed by atoms with Gasteiger partial charge in [-0.1, -0.05) is 13.8 Å². The Morgan fingerprint density at radius 3 is 2.46 bits per heavy atom. The van der Waals surface area contributed by atoms with E-state index in [1.54, 1.807) is 6.92 Å². The number of nitrogens with one attached hydrogen (secondary N) is 3. The topological polar surface area (TPSA) is 79.5 Å². The molecule has 24 heavy (non-hydrogen) atoms. The fourth-order valence-electron chi connectivity index (χ4n) is 2.47. The minimum Gasteiger partial charge on any atom is -0.435 e. The second kappa shape index (κ2) is 7.12. The SMILES string of the molecule is CC(NC1C(=O)NCC1(C)C)C(=O)Nc1ccc(OC(F)F)cc1. The van der Waals surface area contributed by atoms with Crippen molar-refractivity contribution in [1.82, 2.24) is 10.6 Å². The Kier molecular flexibility index (Phi) is 5.38. The third-order valence-corrected chi connectivity index (χ3v) is 3.92. The van der Waals surface area contributed by atoms with E-state index < -0.39 is 18.7 Å². The minimum atomic E-state index is -2.89. The standard InChI is InChI=1S/C16H21F2N3O3/c1-9(20-12-14(23)19-8-16(12,2)3)13(22)21-10-4-6-11(7-5-10)24-15(17)18/h4-7,9,12,15,20H,8H2,1-3H3,(H,19,23)(H,21,22). The number of hydrogen-bond donors (Lipinski definition) is 3. The second-order valence-corrected chi connectivity index (χ2v) is 6.42. The second-order valence-electron chi connectivity index (χ2n) is 6.42. The number of hydrogen-bond acceptors (Lipinski definition) is 4. The van der Waals surface area contributed by atoms with Gasteiger partial charge in [0, 0.05) is 17.6 Å². The Labute approximate surface area is 138 Å². The van der Waals surface area contributed by atoms with Crippen molar-refractivity contribution in [1.29, 1.82) is 0 Å². The van der Waals surface area contributed by atoms with Gasteiger partial charge in [0.25, 0.3) is 0 Å². The molecular weight excluding hydrogens is 320 g/mol. The average Bonchev–Trinajstić information content (AvgIpc) is 2.75. The van der Waals surface area contributed by atoms with E-state index in [1.807, 2.05) is 13.8 Å². The molecule has 0 saturated carbocycles. The largest absolute Gasteiger partial charge is 0.435 e. The minimum absolute atomic E-state index is 0.0125. The fourth-order valence-corrected chi connectivity index (χ4v) is 2.47. The van der Waals surface area contributed by atoms with Gasteiger partial charge in [-0.15, -0.1) is 0 Å². The maximum absolute atomic E-state index is 12.2. The van der Waals surface area contributed by atoms with Gasteiger partial charge in [-0.25, -0.2) is 0 Å². The molecule has 0 radical (unpaired) electrons. The third kappa shape index (κ3) is 4.41. The van der Waals surface area contributed by atoms with Crippen molar-refractivity contribution in [3.63, 3.8) is 0 Å². The molecule has 6 nitrogen and oxygen atoms in total. The first-order chi connectivity index (χ1) is 11.2. The Balaban J connectivity index is 1.93. The van der Waals surface area contributed by atoms with Gasteiger partial charge in [-0.05, 0) is 31.2 Å². The molecular formula is C16H21F2N3O3. The Morgan fingerprint density at radius 2 is 1.96 bits per heavy atom. The van der Waals surface area contributed by atoms with Crippen LogP contribution in [0.1, 0.15) is 20.8 Å². The lowest BCUT2D eigenvalue weighted by Crippen LogP contribution is -2.51. The van der Waals surface area contributed by atoms with Crippen LogP contribution < -0.4 is 20.7 Å². The van der Waals surface area contributed by atoms with E-state index in [-0.39, 0.29) is 23.0 Å². The van der Waals surface area contributed by atoms with Gasteiger partial charge in [-0.3, -0.25) is 14.9 Å². The summed E-state index contributed by atoms with van der Waals surface area (Å²) in [4.78, 5) is 24.1. The molecule has 2 amide bonds. The van der Waals surface area contributed by atoms with Crippen molar-refractivity contribution in [2.24, 2.45) is 5.41 Å². The van der Waals surface area contributed by atoms with Crippen LogP contribution in [0.3, 0.4) is 0 Å². The lowest BCUT2D eigenvalue weighted by Gasteiger charge is -2.27. The summed E-state index contributed by atoms with van der Waals surface area (Å²) in [5, 5.41) is 8.46. The molecule has 1 aromatic carbocycles. The number of anilines is 1. The van der Waals surface area contributed by atoms with E-state index in [0.717, 1.165) is 0 Å². The highest BCUT2D eigenvalue weighted by molar-refractivity contribution is 5.95. The maximum atomic E-state index is 12.2. The molecule has 3 N–H and O–H groups in total. The Morgan fingerprint density at radius 1 is 1.33 bits per heavy atom. The summed E-state index contributed by atoms with van der Waals surface area (Å²) in [6.07, 6.45) is 0. The molecule has 1 aliphatic heterocycles. The highest BCUT2D eigenvalue weighted by Crippen LogP contribution is 2.25. The molecule has 0 bridgehead atoms. The van der Waals surface area contributed by atoms with Crippen LogP contribution >= 0.6 is 0 Å². The van der Waals surface area contributed by atoms with Crippen LogP contribution in [0.15, 0.2) is 24.3 Å². The monoisotopic (exact) mass is 341 g/mol. The summed E-state index contributed by atoms with van der Waals surface area (Å²) in [6.45, 7) is 3.19. The van der Waals surface area contributed by atoms with Crippen molar-refractivity contribution in [2.75, 3.05) is 11.9 Å². The Hall–Kier alpha value is -2.22. The zero-order valence-corrected chi connectivity index (χ0v) is 13.7. The van der Waals surface area contributed by atoms with Crippen LogP contribution in [0, 0.1) is 5.41 Å². The van der Waals surface area contributed by atoms with Crippen molar-refractivity contribution in [3.8, 4) is 5.75 Å². The Bertz CT molecular complexity index is 605. The smallest absolute Gasteiger partial charge is 0.387 e. The molecule has 1 fully saturated rings. The number of benzene rings is 1. The van der Waals surface area contributed by atoms with E-state index in [9.17, 15) is 18.4 Å². The molecule has 1 heterocycles. The van der Waals surface area contributed by atoms with Crippen molar-refractivity contribution < 1.29 is 23.1 Å². The van der Waals surface area contributed by atoms with Gasteiger partial charge in [0.1, 0.15) is 5.75 Å². The van der Waals surface area contributed by atoms with Gasteiger partial charge in [0.05, 0.1) is 12.1 Å². The molecule has 8 heteroatoms. The van der Waals surface area contributed by atoms with Crippen LogP contribution in [-0.4, -0.2) is 37.1 Å². The van der Waals surface area contributed by atoms with E-state index in [2.05, 4.69) is 20.7 Å². The molecule has 0 aromatic heterocycles. The van der Waals surface area contributed by atoms with Gasteiger partial charge in [0.15, 0.2) is 0 Å². The molecule has 1 aromatic rings. The third-order valence-electron chi connectivity index (χ3n) is 3.92. The number of rotatable bonds is 6. The predicted molar refractivity (Wildman–Crippen MR) is 84.9 cm³/mol.